The molecule has 2 rings (SSSR count). The van der Waals surface area contributed by atoms with Gasteiger partial charge < -0.3 is 19.5 Å². The van der Waals surface area contributed by atoms with Gasteiger partial charge in [0.15, 0.2) is 0 Å². The number of esters is 2. The number of benzene rings is 1. The van der Waals surface area contributed by atoms with Gasteiger partial charge in [0, 0.05) is 11.4 Å². The minimum Gasteiger partial charge on any atom is -0.466 e. The second kappa shape index (κ2) is 10.1. The third-order valence-electron chi connectivity index (χ3n) is 4.45. The lowest BCUT2D eigenvalue weighted by molar-refractivity contribution is -0.141. The number of methoxy groups -OCH3 is 1. The first-order chi connectivity index (χ1) is 13.7. The molecule has 0 bridgehead atoms. The van der Waals surface area contributed by atoms with Crippen molar-refractivity contribution < 1.29 is 23.8 Å². The lowest BCUT2D eigenvalue weighted by atomic mass is 9.80. The third kappa shape index (κ3) is 5.32. The van der Waals surface area contributed by atoms with Crippen LogP contribution in [-0.4, -0.2) is 38.4 Å². The highest BCUT2D eigenvalue weighted by Crippen LogP contribution is 2.43. The maximum Gasteiger partial charge on any atom is 0.336 e. The van der Waals surface area contributed by atoms with Crippen molar-refractivity contribution in [2.45, 2.75) is 39.7 Å². The van der Waals surface area contributed by atoms with Crippen LogP contribution >= 0.6 is 23.2 Å². The van der Waals surface area contributed by atoms with Crippen LogP contribution in [0.4, 0.5) is 0 Å². The molecule has 1 unspecified atom stereocenters. The molecule has 0 radical (unpaired) electrons. The van der Waals surface area contributed by atoms with Gasteiger partial charge in [-0.15, -0.1) is 0 Å². The predicted molar refractivity (Wildman–Crippen MR) is 112 cm³/mol. The van der Waals surface area contributed by atoms with Gasteiger partial charge in [0.1, 0.15) is 6.61 Å². The smallest absolute Gasteiger partial charge is 0.336 e. The van der Waals surface area contributed by atoms with E-state index in [9.17, 15) is 9.59 Å². The Bertz CT molecular complexity index is 861. The molecule has 0 saturated carbocycles. The van der Waals surface area contributed by atoms with Gasteiger partial charge in [0.05, 0.1) is 46.9 Å². The van der Waals surface area contributed by atoms with E-state index in [1.165, 1.54) is 7.11 Å². The molecule has 0 fully saturated rings. The van der Waals surface area contributed by atoms with Crippen LogP contribution in [0.25, 0.3) is 0 Å². The Morgan fingerprint density at radius 3 is 2.28 bits per heavy atom. The van der Waals surface area contributed by atoms with Gasteiger partial charge in [-0.2, -0.15) is 0 Å². The Balaban J connectivity index is 2.49. The summed E-state index contributed by atoms with van der Waals surface area (Å²) in [6, 6.07) is 5.08. The average Bonchev–Trinajstić information content (AvgIpc) is 2.66. The summed E-state index contributed by atoms with van der Waals surface area (Å²) in [6.45, 7) is 7.62. The summed E-state index contributed by atoms with van der Waals surface area (Å²) >= 11 is 12.6. The second-order valence-electron chi connectivity index (χ2n) is 6.83. The summed E-state index contributed by atoms with van der Waals surface area (Å²) < 4.78 is 15.8. The number of nitrogens with one attached hydrogen (secondary N) is 1. The third-order valence-corrected chi connectivity index (χ3v) is 5.28. The molecule has 6 nitrogen and oxygen atoms in total. The summed E-state index contributed by atoms with van der Waals surface area (Å²) in [5.41, 5.74) is 2.18. The first kappa shape index (κ1) is 23.3. The van der Waals surface area contributed by atoms with Crippen molar-refractivity contribution >= 4 is 35.1 Å². The van der Waals surface area contributed by atoms with E-state index in [0.717, 1.165) is 0 Å². The van der Waals surface area contributed by atoms with E-state index in [1.807, 2.05) is 13.8 Å². The fourth-order valence-electron chi connectivity index (χ4n) is 3.20. The Morgan fingerprint density at radius 1 is 1.07 bits per heavy atom. The monoisotopic (exact) mass is 441 g/mol. The highest BCUT2D eigenvalue weighted by atomic mass is 35.5. The highest BCUT2D eigenvalue weighted by Gasteiger charge is 2.39. The lowest BCUT2D eigenvalue weighted by Crippen LogP contribution is -2.32. The largest absolute Gasteiger partial charge is 0.466 e. The number of hydrogen-bond acceptors (Lipinski definition) is 6. The molecule has 1 aliphatic heterocycles. The van der Waals surface area contributed by atoms with Crippen molar-refractivity contribution in [1.29, 1.82) is 0 Å². The minimum absolute atomic E-state index is 0.0283. The zero-order valence-corrected chi connectivity index (χ0v) is 18.6. The van der Waals surface area contributed by atoms with Crippen LogP contribution in [0.3, 0.4) is 0 Å². The number of carbonyl (C=O) groups is 2. The maximum absolute atomic E-state index is 13.0. The number of halogens is 2. The first-order valence-corrected chi connectivity index (χ1v) is 9.94. The molecular weight excluding hydrogens is 417 g/mol. The molecule has 0 aromatic heterocycles. The minimum atomic E-state index is -0.784. The topological polar surface area (TPSA) is 73.9 Å². The molecule has 1 heterocycles. The number of allylic oxidation sites excluding steroid dienone is 2. The van der Waals surface area contributed by atoms with E-state index in [2.05, 4.69) is 5.32 Å². The number of carbonyl (C=O) groups excluding carboxylic acids is 2. The van der Waals surface area contributed by atoms with Crippen LogP contribution in [0.1, 0.15) is 39.2 Å². The van der Waals surface area contributed by atoms with E-state index in [4.69, 9.17) is 37.4 Å². The molecule has 8 heteroatoms. The van der Waals surface area contributed by atoms with Crippen LogP contribution in [-0.2, 0) is 23.8 Å². The highest BCUT2D eigenvalue weighted by molar-refractivity contribution is 6.42. The summed E-state index contributed by atoms with van der Waals surface area (Å²) in [5.74, 6) is -1.93. The zero-order valence-electron chi connectivity index (χ0n) is 17.1. The Morgan fingerprint density at radius 2 is 1.69 bits per heavy atom. The van der Waals surface area contributed by atoms with Crippen LogP contribution in [0.2, 0.25) is 10.0 Å². The quantitative estimate of drug-likeness (QED) is 0.500. The number of dihydropyridines is 1. The fourth-order valence-corrected chi connectivity index (χ4v) is 3.61. The van der Waals surface area contributed by atoms with Crippen molar-refractivity contribution in [1.82, 2.24) is 5.32 Å². The summed E-state index contributed by atoms with van der Waals surface area (Å²) in [5, 5.41) is 3.65. The van der Waals surface area contributed by atoms with Crippen molar-refractivity contribution in [2.75, 3.05) is 20.3 Å². The summed E-state index contributed by atoms with van der Waals surface area (Å²) in [7, 11) is 1.28. The fraction of sp³-hybridized carbons (Fsp3) is 0.429. The van der Waals surface area contributed by atoms with E-state index in [-0.39, 0.29) is 35.5 Å². The van der Waals surface area contributed by atoms with E-state index in [0.29, 0.717) is 22.0 Å². The molecule has 0 aliphatic carbocycles. The van der Waals surface area contributed by atoms with E-state index in [1.54, 1.807) is 32.0 Å². The van der Waals surface area contributed by atoms with Crippen LogP contribution in [0, 0.1) is 0 Å². The zero-order chi connectivity index (χ0) is 21.7. The van der Waals surface area contributed by atoms with Crippen LogP contribution in [0.5, 0.6) is 0 Å². The van der Waals surface area contributed by atoms with Gasteiger partial charge in [0.2, 0.25) is 0 Å². The van der Waals surface area contributed by atoms with Crippen LogP contribution < -0.4 is 5.32 Å². The number of hydrogen-bond donors (Lipinski definition) is 1. The molecular formula is C21H25Cl2NO5. The van der Waals surface area contributed by atoms with E-state index < -0.39 is 17.9 Å². The van der Waals surface area contributed by atoms with Crippen molar-refractivity contribution in [3.05, 3.63) is 56.3 Å². The van der Waals surface area contributed by atoms with Gasteiger partial charge in [-0.1, -0.05) is 35.3 Å². The standard InChI is InChI=1S/C21H25Cl2NO5/c1-11(2)28-9-10-29-21(26)17-13(4)24-12(3)16(20(25)27-5)18(17)14-7-6-8-15(22)19(14)23/h6-8,11,18,24H,9-10H2,1-5H3. The van der Waals surface area contributed by atoms with Crippen molar-refractivity contribution in [3.63, 3.8) is 0 Å². The predicted octanol–water partition coefficient (Wildman–Crippen LogP) is 4.37. The summed E-state index contributed by atoms with van der Waals surface area (Å²) in [6.07, 6.45) is 0.0283. The van der Waals surface area contributed by atoms with Gasteiger partial charge in [-0.3, -0.25) is 0 Å². The van der Waals surface area contributed by atoms with Gasteiger partial charge in [0.25, 0.3) is 0 Å². The van der Waals surface area contributed by atoms with Crippen molar-refractivity contribution in [2.24, 2.45) is 0 Å². The molecule has 0 saturated heterocycles. The van der Waals surface area contributed by atoms with Gasteiger partial charge in [-0.05, 0) is 39.3 Å². The summed E-state index contributed by atoms with van der Waals surface area (Å²) in [4.78, 5) is 25.5. The Labute approximate surface area is 180 Å². The molecule has 1 atom stereocenters. The van der Waals surface area contributed by atoms with Gasteiger partial charge in [-0.25, -0.2) is 9.59 Å². The van der Waals surface area contributed by atoms with Crippen LogP contribution in [0.15, 0.2) is 40.7 Å². The molecule has 1 aromatic carbocycles. The second-order valence-corrected chi connectivity index (χ2v) is 7.61. The Kier molecular flexibility index (Phi) is 8.14. The van der Waals surface area contributed by atoms with Crippen molar-refractivity contribution in [3.8, 4) is 0 Å². The lowest BCUT2D eigenvalue weighted by Gasteiger charge is -2.30. The molecule has 1 aliphatic rings. The normalized spacial score (nSPS) is 16.8. The molecule has 0 spiro atoms. The van der Waals surface area contributed by atoms with Gasteiger partial charge >= 0.3 is 11.9 Å². The molecule has 29 heavy (non-hydrogen) atoms. The number of rotatable bonds is 7. The molecule has 1 aromatic rings. The average molecular weight is 442 g/mol. The SMILES string of the molecule is COC(=O)C1=C(C)NC(C)=C(C(=O)OCCOC(C)C)C1c1cccc(Cl)c1Cl. The molecule has 1 N–H and O–H groups in total. The van der Waals surface area contributed by atoms with E-state index >= 15 is 0 Å². The molecule has 158 valence electrons. The maximum atomic E-state index is 13.0. The number of ether oxygens (including phenoxy) is 3. The molecule has 0 amide bonds. The first-order valence-electron chi connectivity index (χ1n) is 9.18. The Hall–Kier alpha value is -2.02.